The summed E-state index contributed by atoms with van der Waals surface area (Å²) in [6.45, 7) is 1.04. The molecule has 4 rings (SSSR count). The molecule has 0 aromatic heterocycles. The fraction of sp³-hybridized carbons (Fsp3) is 0.423. The lowest BCUT2D eigenvalue weighted by Crippen LogP contribution is -2.51. The Bertz CT molecular complexity index is 1190. The average Bonchev–Trinajstić information content (AvgIpc) is 3.17. The van der Waals surface area contributed by atoms with Crippen molar-refractivity contribution in [3.05, 3.63) is 64.7 Å². The third kappa shape index (κ3) is 5.95. The zero-order valence-corrected chi connectivity index (χ0v) is 20.7. The third-order valence-electron chi connectivity index (χ3n) is 6.51. The molecule has 2 aromatic rings. The van der Waals surface area contributed by atoms with Crippen LogP contribution in [0.1, 0.15) is 41.3 Å². The molecule has 2 unspecified atom stereocenters. The van der Waals surface area contributed by atoms with Gasteiger partial charge in [-0.15, -0.1) is 0 Å². The topological polar surface area (TPSA) is 111 Å². The number of likely N-dealkylation sites (N-methyl/N-ethyl adjacent to an activating group) is 1. The second kappa shape index (κ2) is 10.9. The highest BCUT2D eigenvalue weighted by Crippen LogP contribution is 2.36. The fourth-order valence-corrected chi connectivity index (χ4v) is 4.45. The van der Waals surface area contributed by atoms with Gasteiger partial charge in [-0.2, -0.15) is 8.78 Å². The number of aliphatic hydroxyl groups is 1. The van der Waals surface area contributed by atoms with E-state index in [0.29, 0.717) is 30.7 Å². The second-order valence-corrected chi connectivity index (χ2v) is 9.48. The monoisotopic (exact) mass is 516 g/mol. The molecule has 37 heavy (non-hydrogen) atoms. The van der Waals surface area contributed by atoms with Gasteiger partial charge in [0, 0.05) is 31.6 Å². The number of piperidine rings is 1. The molecule has 2 aromatic carbocycles. The molecule has 9 nitrogen and oxygen atoms in total. The molecule has 0 bridgehead atoms. The predicted molar refractivity (Wildman–Crippen MR) is 129 cm³/mol. The summed E-state index contributed by atoms with van der Waals surface area (Å²) in [4.78, 5) is 39.6. The Kier molecular flexibility index (Phi) is 7.86. The molecule has 3 amide bonds. The maximum atomic E-state index is 14.9. The number of alkyl halides is 2. The number of imide groups is 1. The standard InChI is InChI=1S/C26H30F2N4O5/c1-31(2)10-11-37-19-5-3-4-18(13-19)26(27,28)25(36)29-14-16-6-7-20-17(12-16)15-32(24(20)35)21-8-9-22(33)30-23(21)34/h3-7,12-13,21,24,35H,8-11,14-15H2,1-2H3,(H,29,36)(H,30,33,34). The van der Waals surface area contributed by atoms with Gasteiger partial charge in [0.2, 0.25) is 11.8 Å². The smallest absolute Gasteiger partial charge is 0.349 e. The van der Waals surface area contributed by atoms with Gasteiger partial charge in [0.15, 0.2) is 0 Å². The number of carbonyl (C=O) groups excluding carboxylic acids is 3. The van der Waals surface area contributed by atoms with E-state index in [1.165, 1.54) is 12.1 Å². The summed E-state index contributed by atoms with van der Waals surface area (Å²) < 4.78 is 35.3. The minimum Gasteiger partial charge on any atom is -0.492 e. The Labute approximate surface area is 213 Å². The van der Waals surface area contributed by atoms with Crippen LogP contribution in [0.15, 0.2) is 42.5 Å². The first-order valence-corrected chi connectivity index (χ1v) is 12.0. The summed E-state index contributed by atoms with van der Waals surface area (Å²) in [5.41, 5.74) is 1.42. The zero-order valence-electron chi connectivity index (χ0n) is 20.7. The van der Waals surface area contributed by atoms with Gasteiger partial charge in [-0.25, -0.2) is 0 Å². The Morgan fingerprint density at radius 1 is 1.24 bits per heavy atom. The average molecular weight is 517 g/mol. The lowest BCUT2D eigenvalue weighted by molar-refractivity contribution is -0.147. The summed E-state index contributed by atoms with van der Waals surface area (Å²) in [5.74, 6) is -5.75. The number of benzene rings is 2. The molecule has 0 saturated carbocycles. The largest absolute Gasteiger partial charge is 0.492 e. The molecule has 198 valence electrons. The van der Waals surface area contributed by atoms with E-state index in [1.54, 1.807) is 29.2 Å². The van der Waals surface area contributed by atoms with Crippen LogP contribution >= 0.6 is 0 Å². The quantitative estimate of drug-likeness (QED) is 0.435. The van der Waals surface area contributed by atoms with Crippen molar-refractivity contribution >= 4 is 17.7 Å². The van der Waals surface area contributed by atoms with Crippen molar-refractivity contribution in [2.45, 2.75) is 44.1 Å². The maximum Gasteiger partial charge on any atom is 0.349 e. The van der Waals surface area contributed by atoms with Gasteiger partial charge in [-0.3, -0.25) is 24.6 Å². The van der Waals surface area contributed by atoms with Gasteiger partial charge in [0.1, 0.15) is 18.6 Å². The molecular weight excluding hydrogens is 486 g/mol. The first-order valence-electron chi connectivity index (χ1n) is 12.0. The lowest BCUT2D eigenvalue weighted by atomic mass is 10.0. The number of fused-ring (bicyclic) bond motifs is 1. The number of amides is 3. The van der Waals surface area contributed by atoms with Crippen molar-refractivity contribution in [2.75, 3.05) is 27.2 Å². The van der Waals surface area contributed by atoms with Crippen molar-refractivity contribution in [2.24, 2.45) is 0 Å². The summed E-state index contributed by atoms with van der Waals surface area (Å²) in [6, 6.07) is 9.67. The van der Waals surface area contributed by atoms with E-state index >= 15 is 0 Å². The number of hydrogen-bond donors (Lipinski definition) is 3. The number of carbonyl (C=O) groups is 3. The van der Waals surface area contributed by atoms with Crippen LogP contribution in [0.4, 0.5) is 8.78 Å². The number of halogens is 2. The molecule has 1 saturated heterocycles. The number of nitrogens with zero attached hydrogens (tertiary/aromatic N) is 2. The Hall–Kier alpha value is -3.41. The first kappa shape index (κ1) is 26.6. The van der Waals surface area contributed by atoms with Crippen LogP contribution in [-0.2, 0) is 33.4 Å². The highest BCUT2D eigenvalue weighted by Gasteiger charge is 2.42. The van der Waals surface area contributed by atoms with Crippen molar-refractivity contribution in [1.29, 1.82) is 0 Å². The van der Waals surface area contributed by atoms with E-state index in [2.05, 4.69) is 10.6 Å². The van der Waals surface area contributed by atoms with E-state index in [0.717, 1.165) is 11.6 Å². The number of nitrogens with one attached hydrogen (secondary N) is 2. The normalized spacial score (nSPS) is 20.1. The van der Waals surface area contributed by atoms with Crippen molar-refractivity contribution < 1.29 is 33.0 Å². The maximum absolute atomic E-state index is 14.9. The van der Waals surface area contributed by atoms with Gasteiger partial charge < -0.3 is 20.1 Å². The second-order valence-electron chi connectivity index (χ2n) is 9.48. The summed E-state index contributed by atoms with van der Waals surface area (Å²) in [6.07, 6.45) is -0.540. The van der Waals surface area contributed by atoms with E-state index < -0.39 is 35.6 Å². The molecule has 0 radical (unpaired) electrons. The highest BCUT2D eigenvalue weighted by atomic mass is 19.3. The van der Waals surface area contributed by atoms with E-state index in [4.69, 9.17) is 4.74 Å². The van der Waals surface area contributed by atoms with Gasteiger partial charge in [0.25, 0.3) is 5.91 Å². The number of hydrogen-bond acceptors (Lipinski definition) is 7. The molecule has 2 aliphatic rings. The van der Waals surface area contributed by atoms with Crippen molar-refractivity contribution in [3.8, 4) is 5.75 Å². The molecule has 0 aliphatic carbocycles. The van der Waals surface area contributed by atoms with E-state index in [-0.39, 0.29) is 31.2 Å². The summed E-state index contributed by atoms with van der Waals surface area (Å²) in [7, 11) is 3.74. The van der Waals surface area contributed by atoms with Crippen LogP contribution in [0.5, 0.6) is 5.75 Å². The lowest BCUT2D eigenvalue weighted by Gasteiger charge is -2.31. The minimum atomic E-state index is -3.77. The summed E-state index contributed by atoms with van der Waals surface area (Å²) >= 11 is 0. The van der Waals surface area contributed by atoms with Crippen molar-refractivity contribution in [3.63, 3.8) is 0 Å². The van der Waals surface area contributed by atoms with Crippen LogP contribution in [0.2, 0.25) is 0 Å². The van der Waals surface area contributed by atoms with Crippen LogP contribution in [0.3, 0.4) is 0 Å². The van der Waals surface area contributed by atoms with Gasteiger partial charge >= 0.3 is 5.92 Å². The predicted octanol–water partition coefficient (Wildman–Crippen LogP) is 1.65. The third-order valence-corrected chi connectivity index (χ3v) is 6.51. The molecule has 0 spiro atoms. The van der Waals surface area contributed by atoms with E-state index in [1.807, 2.05) is 19.0 Å². The Morgan fingerprint density at radius 2 is 2.03 bits per heavy atom. The van der Waals surface area contributed by atoms with Crippen LogP contribution < -0.4 is 15.4 Å². The molecule has 1 fully saturated rings. The van der Waals surface area contributed by atoms with Gasteiger partial charge in [-0.1, -0.05) is 30.3 Å². The molecule has 3 N–H and O–H groups in total. The number of ether oxygens (including phenoxy) is 1. The Morgan fingerprint density at radius 3 is 2.76 bits per heavy atom. The van der Waals surface area contributed by atoms with Gasteiger partial charge in [0.05, 0.1) is 6.04 Å². The SMILES string of the molecule is CN(C)CCOc1cccc(C(F)(F)C(=O)NCc2ccc3c(c2)CN(C2CCC(=O)NC2=O)C3O)c1. The fourth-order valence-electron chi connectivity index (χ4n) is 4.45. The first-order chi connectivity index (χ1) is 17.6. The Balaban J connectivity index is 1.38. The zero-order chi connectivity index (χ0) is 26.7. The van der Waals surface area contributed by atoms with Crippen LogP contribution in [0.25, 0.3) is 0 Å². The minimum absolute atomic E-state index is 0.144. The molecule has 2 aliphatic heterocycles. The molecule has 2 heterocycles. The van der Waals surface area contributed by atoms with Crippen molar-refractivity contribution in [1.82, 2.24) is 20.4 Å². The van der Waals surface area contributed by atoms with E-state index in [9.17, 15) is 28.3 Å². The number of aliphatic hydroxyl groups excluding tert-OH is 1. The van der Waals surface area contributed by atoms with Crippen LogP contribution in [-0.4, -0.2) is 65.9 Å². The molecule has 11 heteroatoms. The molecular formula is C26H30F2N4O5. The van der Waals surface area contributed by atoms with Gasteiger partial charge in [-0.05, 0) is 49.3 Å². The van der Waals surface area contributed by atoms with Crippen LogP contribution in [0, 0.1) is 0 Å². The highest BCUT2D eigenvalue weighted by molar-refractivity contribution is 6.00. The molecule has 2 atom stereocenters. The summed E-state index contributed by atoms with van der Waals surface area (Å²) in [5, 5.41) is 15.3. The number of rotatable bonds is 9.